The van der Waals surface area contributed by atoms with Crippen LogP contribution < -0.4 is 4.74 Å². The molecule has 1 atom stereocenters. The Balaban J connectivity index is 2.73. The molecule has 1 rings (SSSR count). The van der Waals surface area contributed by atoms with Crippen molar-refractivity contribution in [3.63, 3.8) is 0 Å². The number of methoxy groups -OCH3 is 1. The van der Waals surface area contributed by atoms with Gasteiger partial charge in [-0.05, 0) is 17.7 Å². The molecule has 5 heteroatoms. The summed E-state index contributed by atoms with van der Waals surface area (Å²) in [4.78, 5) is 13.3. The van der Waals surface area contributed by atoms with E-state index in [1.807, 2.05) is 0 Å². The molecule has 18 heavy (non-hydrogen) atoms. The fourth-order valence-electron chi connectivity index (χ4n) is 1.60. The number of alkyl halides is 1. The lowest BCUT2D eigenvalue weighted by molar-refractivity contribution is -0.133. The van der Waals surface area contributed by atoms with Crippen molar-refractivity contribution in [3.05, 3.63) is 29.6 Å². The Morgan fingerprint density at radius 1 is 1.56 bits per heavy atom. The Morgan fingerprint density at radius 2 is 2.22 bits per heavy atom. The van der Waals surface area contributed by atoms with E-state index < -0.39 is 5.82 Å². The summed E-state index contributed by atoms with van der Waals surface area (Å²) in [5.41, 5.74) is 0.714. The number of halogens is 2. The summed E-state index contributed by atoms with van der Waals surface area (Å²) >= 11 is 5.63. The quantitative estimate of drug-likeness (QED) is 0.772. The lowest BCUT2D eigenvalue weighted by Gasteiger charge is -2.20. The average molecular weight is 274 g/mol. The standard InChI is InChI=1S/C13H17ClFNO2/c1-9(7-14)13(17)16(2)8-10-4-5-12(18-3)11(15)6-10/h4-6,9H,7-8H2,1-3H3. The second kappa shape index (κ2) is 6.59. The summed E-state index contributed by atoms with van der Waals surface area (Å²) in [6.45, 7) is 2.11. The number of rotatable bonds is 5. The first kappa shape index (κ1) is 14.8. The summed E-state index contributed by atoms with van der Waals surface area (Å²) in [7, 11) is 3.09. The average Bonchev–Trinajstić information content (AvgIpc) is 2.37. The Hall–Kier alpha value is -1.29. The van der Waals surface area contributed by atoms with Crippen molar-refractivity contribution in [2.75, 3.05) is 20.0 Å². The van der Waals surface area contributed by atoms with Gasteiger partial charge in [0.1, 0.15) is 0 Å². The number of benzene rings is 1. The molecular weight excluding hydrogens is 257 g/mol. The summed E-state index contributed by atoms with van der Waals surface area (Å²) in [6, 6.07) is 4.65. The number of carbonyl (C=O) groups is 1. The van der Waals surface area contributed by atoms with E-state index in [0.29, 0.717) is 12.1 Å². The van der Waals surface area contributed by atoms with Crippen LogP contribution in [0.15, 0.2) is 18.2 Å². The lowest BCUT2D eigenvalue weighted by Crippen LogP contribution is -2.31. The van der Waals surface area contributed by atoms with Gasteiger partial charge in [0.25, 0.3) is 0 Å². The van der Waals surface area contributed by atoms with E-state index in [-0.39, 0.29) is 23.5 Å². The molecule has 0 saturated carbocycles. The van der Waals surface area contributed by atoms with E-state index in [4.69, 9.17) is 16.3 Å². The second-order valence-electron chi connectivity index (χ2n) is 4.22. The van der Waals surface area contributed by atoms with Crippen molar-refractivity contribution in [2.45, 2.75) is 13.5 Å². The van der Waals surface area contributed by atoms with Gasteiger partial charge in [-0.25, -0.2) is 4.39 Å². The third-order valence-electron chi connectivity index (χ3n) is 2.67. The largest absolute Gasteiger partial charge is 0.494 e. The number of hydrogen-bond donors (Lipinski definition) is 0. The lowest BCUT2D eigenvalue weighted by atomic mass is 10.1. The fraction of sp³-hybridized carbons (Fsp3) is 0.462. The van der Waals surface area contributed by atoms with E-state index in [9.17, 15) is 9.18 Å². The molecule has 100 valence electrons. The Kier molecular flexibility index (Phi) is 5.41. The van der Waals surface area contributed by atoms with Crippen molar-refractivity contribution in [1.82, 2.24) is 4.90 Å². The number of amides is 1. The predicted molar refractivity (Wildman–Crippen MR) is 69.3 cm³/mol. The number of nitrogens with zero attached hydrogens (tertiary/aromatic N) is 1. The van der Waals surface area contributed by atoms with Gasteiger partial charge in [0.05, 0.1) is 7.11 Å². The minimum Gasteiger partial charge on any atom is -0.494 e. The molecule has 0 spiro atoms. The highest BCUT2D eigenvalue weighted by atomic mass is 35.5. The molecule has 0 aliphatic rings. The highest BCUT2D eigenvalue weighted by Gasteiger charge is 2.17. The minimum absolute atomic E-state index is 0.0544. The van der Waals surface area contributed by atoms with Crippen molar-refractivity contribution < 1.29 is 13.9 Å². The zero-order chi connectivity index (χ0) is 13.7. The predicted octanol–water partition coefficient (Wildman–Crippen LogP) is 2.67. The molecule has 0 heterocycles. The van der Waals surface area contributed by atoms with Crippen LogP contribution in [0.25, 0.3) is 0 Å². The Morgan fingerprint density at radius 3 is 2.72 bits per heavy atom. The summed E-state index contributed by atoms with van der Waals surface area (Å²) in [6.07, 6.45) is 0. The highest BCUT2D eigenvalue weighted by molar-refractivity contribution is 6.19. The van der Waals surface area contributed by atoms with Gasteiger partial charge in [0, 0.05) is 25.4 Å². The second-order valence-corrected chi connectivity index (χ2v) is 4.53. The zero-order valence-corrected chi connectivity index (χ0v) is 11.5. The SMILES string of the molecule is COc1ccc(CN(C)C(=O)C(C)CCl)cc1F. The van der Waals surface area contributed by atoms with Crippen molar-refractivity contribution in [2.24, 2.45) is 5.92 Å². The molecule has 0 aromatic heterocycles. The van der Waals surface area contributed by atoms with Gasteiger partial charge in [0.2, 0.25) is 5.91 Å². The Labute approximate surface area is 111 Å². The van der Waals surface area contributed by atoms with E-state index >= 15 is 0 Å². The maximum absolute atomic E-state index is 13.5. The third kappa shape index (κ3) is 3.60. The third-order valence-corrected chi connectivity index (χ3v) is 3.13. The first-order valence-corrected chi connectivity index (χ1v) is 6.16. The first-order valence-electron chi connectivity index (χ1n) is 5.63. The van der Waals surface area contributed by atoms with Gasteiger partial charge in [-0.2, -0.15) is 0 Å². The van der Waals surface area contributed by atoms with Crippen molar-refractivity contribution >= 4 is 17.5 Å². The maximum atomic E-state index is 13.5. The van der Waals surface area contributed by atoms with Crippen LogP contribution in [0, 0.1) is 11.7 Å². The highest BCUT2D eigenvalue weighted by Crippen LogP contribution is 2.18. The summed E-state index contributed by atoms with van der Waals surface area (Å²) in [5.74, 6) is -0.246. The van der Waals surface area contributed by atoms with Crippen LogP contribution in [0.4, 0.5) is 4.39 Å². The number of ether oxygens (including phenoxy) is 1. The van der Waals surface area contributed by atoms with E-state index in [1.54, 1.807) is 26.1 Å². The molecule has 0 N–H and O–H groups in total. The van der Waals surface area contributed by atoms with Gasteiger partial charge in [0.15, 0.2) is 11.6 Å². The number of carbonyl (C=O) groups excluding carboxylic acids is 1. The van der Waals surface area contributed by atoms with Crippen LogP contribution in [0.2, 0.25) is 0 Å². The molecule has 0 radical (unpaired) electrons. The monoisotopic (exact) mass is 273 g/mol. The fourth-order valence-corrected chi connectivity index (χ4v) is 1.73. The molecule has 1 amide bonds. The van der Waals surface area contributed by atoms with Gasteiger partial charge in [-0.15, -0.1) is 11.6 Å². The summed E-state index contributed by atoms with van der Waals surface area (Å²) < 4.78 is 18.3. The minimum atomic E-state index is -0.429. The molecule has 0 bridgehead atoms. The number of hydrogen-bond acceptors (Lipinski definition) is 2. The molecule has 1 aromatic rings. The smallest absolute Gasteiger partial charge is 0.226 e. The zero-order valence-electron chi connectivity index (χ0n) is 10.7. The normalized spacial score (nSPS) is 12.1. The van der Waals surface area contributed by atoms with Gasteiger partial charge < -0.3 is 9.64 Å². The van der Waals surface area contributed by atoms with Crippen LogP contribution in [0.5, 0.6) is 5.75 Å². The van der Waals surface area contributed by atoms with Crippen LogP contribution in [-0.4, -0.2) is 30.8 Å². The van der Waals surface area contributed by atoms with Gasteiger partial charge in [-0.3, -0.25) is 4.79 Å². The maximum Gasteiger partial charge on any atom is 0.226 e. The van der Waals surface area contributed by atoms with Gasteiger partial charge >= 0.3 is 0 Å². The van der Waals surface area contributed by atoms with E-state index in [1.165, 1.54) is 18.1 Å². The molecule has 3 nitrogen and oxygen atoms in total. The van der Waals surface area contributed by atoms with E-state index in [0.717, 1.165) is 0 Å². The molecule has 0 aliphatic heterocycles. The van der Waals surface area contributed by atoms with Crippen molar-refractivity contribution in [3.8, 4) is 5.75 Å². The van der Waals surface area contributed by atoms with E-state index in [2.05, 4.69) is 0 Å². The van der Waals surface area contributed by atoms with Crippen LogP contribution in [0.3, 0.4) is 0 Å². The molecule has 0 fully saturated rings. The molecule has 0 aliphatic carbocycles. The van der Waals surface area contributed by atoms with Gasteiger partial charge in [-0.1, -0.05) is 13.0 Å². The first-order chi connectivity index (χ1) is 8.49. The molecule has 1 unspecified atom stereocenters. The summed E-state index contributed by atoms with van der Waals surface area (Å²) in [5, 5.41) is 0. The van der Waals surface area contributed by atoms with Crippen molar-refractivity contribution in [1.29, 1.82) is 0 Å². The molecule has 1 aromatic carbocycles. The topological polar surface area (TPSA) is 29.5 Å². The van der Waals surface area contributed by atoms with Crippen LogP contribution >= 0.6 is 11.6 Å². The van der Waals surface area contributed by atoms with Crippen LogP contribution in [0.1, 0.15) is 12.5 Å². The van der Waals surface area contributed by atoms with Crippen LogP contribution in [-0.2, 0) is 11.3 Å². The molecule has 0 saturated heterocycles. The Bertz CT molecular complexity index is 425. The molecular formula is C13H17ClFNO2.